The van der Waals surface area contributed by atoms with Crippen LogP contribution in [-0.4, -0.2) is 64.1 Å². The van der Waals surface area contributed by atoms with Crippen LogP contribution in [0.25, 0.3) is 111 Å². The van der Waals surface area contributed by atoms with Gasteiger partial charge in [-0.25, -0.2) is 0 Å². The number of rotatable bonds is 7. The number of fused-ring (bicyclic) bond motifs is 6. The monoisotopic (exact) mass is 858 g/mol. The summed E-state index contributed by atoms with van der Waals surface area (Å²) in [7, 11) is 49.9. The minimum absolute atomic E-state index is 0.163. The minimum atomic E-state index is 0.163. The van der Waals surface area contributed by atoms with Gasteiger partial charge in [-0.1, -0.05) is 191 Å². The van der Waals surface area contributed by atoms with Gasteiger partial charge in [0.15, 0.2) is 0 Å². The van der Waals surface area contributed by atoms with Crippen LogP contribution in [0.2, 0.25) is 0 Å². The number of aromatic nitrogens is 2. The Bertz CT molecular complexity index is 4010. The maximum Gasteiger partial charge on any atom is 0.115 e. The summed E-state index contributed by atoms with van der Waals surface area (Å²) >= 11 is 0. The van der Waals surface area contributed by atoms with E-state index in [1.807, 2.05) is 53.1 Å². The fourth-order valence-corrected chi connectivity index (χ4v) is 10.5. The van der Waals surface area contributed by atoms with Crippen LogP contribution in [0.3, 0.4) is 0 Å². The number of benzene rings is 10. The zero-order valence-corrected chi connectivity index (χ0v) is 37.5. The molecular weight excluding hydrogens is 824 g/mol. The molecule has 2 heterocycles. The van der Waals surface area contributed by atoms with E-state index in [0.29, 0.717) is 43.8 Å². The Morgan fingerprint density at radius 2 is 0.754 bits per heavy atom. The lowest BCUT2D eigenvalue weighted by Gasteiger charge is -2.21. The highest BCUT2D eigenvalue weighted by molar-refractivity contribution is 6.69. The third kappa shape index (κ3) is 6.66. The molecule has 0 unspecified atom stereocenters. The lowest BCUT2D eigenvalue weighted by Crippen LogP contribution is -2.48. The van der Waals surface area contributed by atoms with Crippen molar-refractivity contribution in [3.05, 3.63) is 200 Å². The van der Waals surface area contributed by atoms with E-state index in [1.165, 1.54) is 0 Å². The lowest BCUT2D eigenvalue weighted by molar-refractivity contribution is 1.18. The minimum Gasteiger partial charge on any atom is -0.310 e. The predicted octanol–water partition coefficient (Wildman–Crippen LogP) is 7.77. The summed E-state index contributed by atoms with van der Waals surface area (Å²) in [5.41, 5.74) is 16.5. The number of hydrogen-bond donors (Lipinski definition) is 0. The lowest BCUT2D eigenvalue weighted by atomic mass is 9.64. The average molecular weight is 858 g/mol. The first kappa shape index (κ1) is 42.6. The van der Waals surface area contributed by atoms with Crippen molar-refractivity contribution in [1.29, 1.82) is 0 Å². The van der Waals surface area contributed by atoms with Crippen molar-refractivity contribution >= 4 is 137 Å². The number of hydrogen-bond acceptors (Lipinski definition) is 0. The molecule has 2 aromatic heterocycles. The van der Waals surface area contributed by atoms with Crippen molar-refractivity contribution in [1.82, 2.24) is 9.13 Å². The molecule has 12 rings (SSSR count). The number of nitrogens with zero attached hydrogens (tertiary/aromatic N) is 2. The summed E-state index contributed by atoms with van der Waals surface area (Å²) in [4.78, 5) is 0. The van der Waals surface area contributed by atoms with Crippen LogP contribution in [-0.2, 0) is 0 Å². The molecule has 12 aromatic rings. The van der Waals surface area contributed by atoms with Gasteiger partial charge in [0.25, 0.3) is 0 Å². The SMILES string of the molecule is [B]c1c([B])c([B])c2c(c1[B])c1c([B])c(-c3ccc4c(c3)c3c(-c5ccccc5)cccc3n4-c3ccccc3-c3ccccc3)c([B])c([B])c1n2-c1ccc(-c2ccccc2)cc1-c1ccccc1. The molecule has 10 aromatic carbocycles. The molecule has 0 amide bonds. The van der Waals surface area contributed by atoms with Crippen molar-refractivity contribution < 1.29 is 0 Å². The largest absolute Gasteiger partial charge is 0.310 e. The Morgan fingerprint density at radius 3 is 1.41 bits per heavy atom. The Labute approximate surface area is 410 Å². The molecule has 0 atom stereocenters. The Balaban J connectivity index is 1.17. The van der Waals surface area contributed by atoms with Crippen molar-refractivity contribution in [3.63, 3.8) is 0 Å². The first-order valence-electron chi connectivity index (χ1n) is 22.8. The van der Waals surface area contributed by atoms with E-state index in [1.54, 1.807) is 0 Å². The molecular formula is C60H33B7N2. The average Bonchev–Trinajstić information content (AvgIpc) is 3.94. The molecule has 0 aliphatic carbocycles. The highest BCUT2D eigenvalue weighted by Crippen LogP contribution is 2.43. The van der Waals surface area contributed by atoms with E-state index >= 15 is 0 Å². The molecule has 0 fully saturated rings. The Morgan fingerprint density at radius 1 is 0.261 bits per heavy atom. The standard InChI is InChI=1S/C60H33B7N2/c61-52-48(39-29-31-46-43(33-39)49-41(36-20-9-3-10-21-36)25-15-27-47(49)68(46)44-26-14-13-24-40(44)35-18-7-2-8-19-35)53(62)57(66)59-50(52)51-54(63)55(64)56(65)58(67)60(51)69(59)45-30-28-38(34-16-5-1-6-17-34)32-42(45)37-22-11-4-12-23-37/h1-33H. The van der Waals surface area contributed by atoms with Crippen LogP contribution < -0.4 is 38.2 Å². The fourth-order valence-electron chi connectivity index (χ4n) is 10.5. The molecule has 0 saturated carbocycles. The molecule has 2 nitrogen and oxygen atoms in total. The molecule has 0 N–H and O–H groups in total. The summed E-state index contributed by atoms with van der Waals surface area (Å²) < 4.78 is 4.35. The zero-order valence-electron chi connectivity index (χ0n) is 37.5. The van der Waals surface area contributed by atoms with Crippen LogP contribution in [0.15, 0.2) is 200 Å². The summed E-state index contributed by atoms with van der Waals surface area (Å²) in [5.74, 6) is 0. The van der Waals surface area contributed by atoms with Gasteiger partial charge < -0.3 is 9.13 Å². The molecule has 0 spiro atoms. The van der Waals surface area contributed by atoms with Crippen LogP contribution in [0.4, 0.5) is 0 Å². The maximum absolute atomic E-state index is 7.57. The third-order valence-corrected chi connectivity index (χ3v) is 13.7. The first-order valence-corrected chi connectivity index (χ1v) is 22.8. The van der Waals surface area contributed by atoms with Crippen molar-refractivity contribution in [3.8, 4) is 67.0 Å². The van der Waals surface area contributed by atoms with E-state index in [2.05, 4.69) is 156 Å². The normalized spacial score (nSPS) is 11.6. The second-order valence-electron chi connectivity index (χ2n) is 17.5. The number of para-hydroxylation sites is 1. The zero-order chi connectivity index (χ0) is 47.1. The highest BCUT2D eigenvalue weighted by atomic mass is 15.0. The van der Waals surface area contributed by atoms with Crippen LogP contribution in [0, 0.1) is 0 Å². The van der Waals surface area contributed by atoms with Gasteiger partial charge in [-0.05, 0) is 86.3 Å². The van der Waals surface area contributed by atoms with Gasteiger partial charge in [-0.15, -0.1) is 10.9 Å². The van der Waals surface area contributed by atoms with E-state index in [9.17, 15) is 0 Å². The van der Waals surface area contributed by atoms with E-state index in [-0.39, 0.29) is 21.9 Å². The molecule has 69 heavy (non-hydrogen) atoms. The predicted molar refractivity (Wildman–Crippen MR) is 300 cm³/mol. The van der Waals surface area contributed by atoms with Crippen LogP contribution in [0.5, 0.6) is 0 Å². The van der Waals surface area contributed by atoms with Crippen molar-refractivity contribution in [2.75, 3.05) is 0 Å². The van der Waals surface area contributed by atoms with Gasteiger partial charge >= 0.3 is 0 Å². The highest BCUT2D eigenvalue weighted by Gasteiger charge is 2.27. The Kier molecular flexibility index (Phi) is 10.4. The van der Waals surface area contributed by atoms with Gasteiger partial charge in [0.05, 0.1) is 22.4 Å². The van der Waals surface area contributed by atoms with Gasteiger partial charge in [0.2, 0.25) is 0 Å². The smallest absolute Gasteiger partial charge is 0.115 e. The summed E-state index contributed by atoms with van der Waals surface area (Å²) in [6.45, 7) is 0. The molecule has 0 bridgehead atoms. The summed E-state index contributed by atoms with van der Waals surface area (Å²) in [6, 6.07) is 69.1. The molecule has 0 aliphatic rings. The summed E-state index contributed by atoms with van der Waals surface area (Å²) in [6.07, 6.45) is 0. The van der Waals surface area contributed by atoms with Crippen LogP contribution in [0.1, 0.15) is 0 Å². The fraction of sp³-hybridized carbons (Fsp3) is 0. The van der Waals surface area contributed by atoms with Gasteiger partial charge in [0.1, 0.15) is 54.9 Å². The van der Waals surface area contributed by atoms with E-state index < -0.39 is 0 Å². The van der Waals surface area contributed by atoms with Crippen molar-refractivity contribution in [2.24, 2.45) is 0 Å². The van der Waals surface area contributed by atoms with E-state index in [4.69, 9.17) is 54.9 Å². The molecule has 304 valence electrons. The van der Waals surface area contributed by atoms with Crippen LogP contribution >= 0.6 is 0 Å². The van der Waals surface area contributed by atoms with Crippen molar-refractivity contribution in [2.45, 2.75) is 0 Å². The summed E-state index contributed by atoms with van der Waals surface area (Å²) in [5, 5.41) is 3.20. The second kappa shape index (κ2) is 16.8. The van der Waals surface area contributed by atoms with Gasteiger partial charge in [-0.3, -0.25) is 0 Å². The molecule has 14 radical (unpaired) electrons. The molecule has 9 heteroatoms. The van der Waals surface area contributed by atoms with Gasteiger partial charge in [-0.2, -0.15) is 0 Å². The molecule has 0 saturated heterocycles. The Hall–Kier alpha value is -7.75. The topological polar surface area (TPSA) is 9.86 Å². The van der Waals surface area contributed by atoms with E-state index in [0.717, 1.165) is 83.3 Å². The van der Waals surface area contributed by atoms with Gasteiger partial charge in [0, 0.05) is 38.3 Å². The molecule has 0 aliphatic heterocycles. The second-order valence-corrected chi connectivity index (χ2v) is 17.5. The quantitative estimate of drug-likeness (QED) is 0.145. The first-order chi connectivity index (χ1) is 33.7. The third-order valence-electron chi connectivity index (χ3n) is 13.7. The maximum atomic E-state index is 7.57.